The number of hydrogen-bond acceptors (Lipinski definition) is 6. The summed E-state index contributed by atoms with van der Waals surface area (Å²) < 4.78 is 5.57. The molecule has 3 aromatic carbocycles. The Morgan fingerprint density at radius 3 is 2.19 bits per heavy atom. The number of likely N-dealkylation sites (N-methyl/N-ethyl adjacent to an activating group) is 2. The fourth-order valence-corrected chi connectivity index (χ4v) is 3.58. The zero-order valence-corrected chi connectivity index (χ0v) is 21.8. The van der Waals surface area contributed by atoms with Gasteiger partial charge in [0.2, 0.25) is 0 Å². The highest BCUT2D eigenvalue weighted by Gasteiger charge is 2.23. The third-order valence-electron chi connectivity index (χ3n) is 5.54. The van der Waals surface area contributed by atoms with Crippen molar-refractivity contribution in [2.45, 2.75) is 26.4 Å². The van der Waals surface area contributed by atoms with E-state index in [4.69, 9.17) is 4.74 Å². The number of carbonyl (C=O) groups excluding carboxylic acids is 2. The van der Waals surface area contributed by atoms with Crippen LogP contribution in [0.25, 0.3) is 11.1 Å². The van der Waals surface area contributed by atoms with Gasteiger partial charge in [-0.15, -0.1) is 0 Å². The molecule has 0 heterocycles. The van der Waals surface area contributed by atoms with Crippen LogP contribution in [-0.2, 0) is 4.74 Å². The number of anilines is 2. The average Bonchev–Trinajstić information content (AvgIpc) is 2.82. The zero-order valence-electron chi connectivity index (χ0n) is 21.8. The Hall–Kier alpha value is -3.84. The average molecular weight is 490 g/mol. The Labute approximate surface area is 213 Å². The van der Waals surface area contributed by atoms with E-state index in [0.717, 1.165) is 29.9 Å². The molecule has 0 atom stereocenters. The molecule has 0 saturated carbocycles. The van der Waals surface area contributed by atoms with Crippen molar-refractivity contribution in [3.8, 4) is 16.9 Å². The van der Waals surface area contributed by atoms with Crippen molar-refractivity contribution in [3.05, 3.63) is 77.9 Å². The maximum absolute atomic E-state index is 13.3. The fraction of sp³-hybridized carbons (Fsp3) is 0.310. The minimum atomic E-state index is -0.694. The van der Waals surface area contributed by atoms with Gasteiger partial charge in [-0.2, -0.15) is 0 Å². The summed E-state index contributed by atoms with van der Waals surface area (Å²) in [6, 6.07) is 19.8. The van der Waals surface area contributed by atoms with Crippen molar-refractivity contribution >= 4 is 23.3 Å². The van der Waals surface area contributed by atoms with Crippen LogP contribution in [0, 0.1) is 0 Å². The molecular formula is C29H35N3O4. The predicted molar refractivity (Wildman–Crippen MR) is 145 cm³/mol. The van der Waals surface area contributed by atoms with Gasteiger partial charge in [0.1, 0.15) is 11.4 Å². The first-order valence-electron chi connectivity index (χ1n) is 11.9. The van der Waals surface area contributed by atoms with Crippen molar-refractivity contribution in [2.24, 2.45) is 0 Å². The molecule has 2 N–H and O–H groups in total. The molecule has 0 bridgehead atoms. The standard InChI is InChI=1S/C29H35N3O4/c1-29(2,3)36-28(35)23-14-12-21(20-10-8-7-9-11-20)18-25(23)30-27(34)24-19-22(13-15-26(24)33)32(6)17-16-31(4)5/h7-15,18-19,33H,16-17H2,1-6H3,(H,30,34). The van der Waals surface area contributed by atoms with E-state index in [1.54, 1.807) is 45.0 Å². The maximum Gasteiger partial charge on any atom is 0.340 e. The Morgan fingerprint density at radius 1 is 0.861 bits per heavy atom. The van der Waals surface area contributed by atoms with Gasteiger partial charge in [0.15, 0.2) is 0 Å². The number of esters is 1. The lowest BCUT2D eigenvalue weighted by molar-refractivity contribution is 0.00708. The lowest BCUT2D eigenvalue weighted by Crippen LogP contribution is -2.28. The second-order valence-corrected chi connectivity index (χ2v) is 10.0. The number of rotatable bonds is 8. The highest BCUT2D eigenvalue weighted by atomic mass is 16.6. The minimum absolute atomic E-state index is 0.115. The molecule has 0 aromatic heterocycles. The number of amides is 1. The van der Waals surface area contributed by atoms with Crippen LogP contribution in [0.1, 0.15) is 41.5 Å². The maximum atomic E-state index is 13.3. The van der Waals surface area contributed by atoms with Crippen LogP contribution in [0.5, 0.6) is 5.75 Å². The van der Waals surface area contributed by atoms with Gasteiger partial charge in [-0.1, -0.05) is 36.4 Å². The second kappa shape index (κ2) is 11.3. The molecule has 7 nitrogen and oxygen atoms in total. The number of nitrogens with one attached hydrogen (secondary N) is 1. The van der Waals surface area contributed by atoms with Crippen LogP contribution in [-0.4, -0.2) is 61.7 Å². The molecule has 1 amide bonds. The number of phenols is 1. The molecule has 0 saturated heterocycles. The van der Waals surface area contributed by atoms with E-state index >= 15 is 0 Å². The summed E-state index contributed by atoms with van der Waals surface area (Å²) >= 11 is 0. The molecule has 190 valence electrons. The van der Waals surface area contributed by atoms with Crippen molar-refractivity contribution in [1.29, 1.82) is 0 Å². The van der Waals surface area contributed by atoms with Crippen molar-refractivity contribution < 1.29 is 19.4 Å². The van der Waals surface area contributed by atoms with E-state index in [1.807, 2.05) is 62.4 Å². The van der Waals surface area contributed by atoms with E-state index in [9.17, 15) is 14.7 Å². The van der Waals surface area contributed by atoms with Gasteiger partial charge >= 0.3 is 5.97 Å². The first kappa shape index (κ1) is 26.8. The smallest absolute Gasteiger partial charge is 0.340 e. The van der Waals surface area contributed by atoms with E-state index in [2.05, 4.69) is 10.2 Å². The van der Waals surface area contributed by atoms with Crippen molar-refractivity contribution in [2.75, 3.05) is 44.4 Å². The van der Waals surface area contributed by atoms with Gasteiger partial charge in [0, 0.05) is 25.8 Å². The van der Waals surface area contributed by atoms with Crippen LogP contribution in [0.2, 0.25) is 0 Å². The van der Waals surface area contributed by atoms with Crippen molar-refractivity contribution in [3.63, 3.8) is 0 Å². The summed E-state index contributed by atoms with van der Waals surface area (Å²) in [5.41, 5.74) is 2.53. The van der Waals surface area contributed by atoms with Gasteiger partial charge in [-0.25, -0.2) is 4.79 Å². The van der Waals surface area contributed by atoms with Crippen LogP contribution in [0.4, 0.5) is 11.4 Å². The summed E-state index contributed by atoms with van der Waals surface area (Å²) in [5.74, 6) is -1.21. The van der Waals surface area contributed by atoms with Crippen LogP contribution < -0.4 is 10.2 Å². The van der Waals surface area contributed by atoms with Gasteiger partial charge < -0.3 is 25.0 Å². The third kappa shape index (κ3) is 7.09. The SMILES string of the molecule is CN(C)CCN(C)c1ccc(O)c(C(=O)Nc2cc(-c3ccccc3)ccc2C(=O)OC(C)(C)C)c1. The van der Waals surface area contributed by atoms with Crippen LogP contribution >= 0.6 is 0 Å². The molecule has 7 heteroatoms. The number of aromatic hydroxyl groups is 1. The molecule has 0 spiro atoms. The highest BCUT2D eigenvalue weighted by molar-refractivity contribution is 6.10. The molecule has 3 rings (SSSR count). The Bertz CT molecular complexity index is 1220. The minimum Gasteiger partial charge on any atom is -0.507 e. The summed E-state index contributed by atoms with van der Waals surface area (Å²) in [6.45, 7) is 6.96. The molecule has 0 aliphatic carbocycles. The largest absolute Gasteiger partial charge is 0.507 e. The molecule has 0 aliphatic rings. The van der Waals surface area contributed by atoms with E-state index in [1.165, 1.54) is 6.07 Å². The van der Waals surface area contributed by atoms with Gasteiger partial charge in [-0.05, 0) is 76.3 Å². The summed E-state index contributed by atoms with van der Waals surface area (Å²) in [6.07, 6.45) is 0. The number of phenolic OH excluding ortho intramolecular Hbond substituents is 1. The highest BCUT2D eigenvalue weighted by Crippen LogP contribution is 2.30. The van der Waals surface area contributed by atoms with Crippen LogP contribution in [0.3, 0.4) is 0 Å². The Balaban J connectivity index is 1.96. The first-order valence-corrected chi connectivity index (χ1v) is 11.9. The van der Waals surface area contributed by atoms with E-state index in [0.29, 0.717) is 5.69 Å². The topological polar surface area (TPSA) is 82.1 Å². The normalized spacial score (nSPS) is 11.3. The van der Waals surface area contributed by atoms with Crippen molar-refractivity contribution in [1.82, 2.24) is 4.90 Å². The molecule has 0 fully saturated rings. The van der Waals surface area contributed by atoms with Gasteiger partial charge in [-0.3, -0.25) is 4.79 Å². The zero-order chi connectivity index (χ0) is 26.5. The lowest BCUT2D eigenvalue weighted by Gasteiger charge is -2.23. The van der Waals surface area contributed by atoms with Gasteiger partial charge in [0.05, 0.1) is 16.8 Å². The molecule has 0 unspecified atom stereocenters. The quantitative estimate of drug-likeness (QED) is 0.420. The Morgan fingerprint density at radius 2 is 1.56 bits per heavy atom. The summed E-state index contributed by atoms with van der Waals surface area (Å²) in [7, 11) is 5.92. The van der Waals surface area contributed by atoms with Crippen LogP contribution in [0.15, 0.2) is 66.7 Å². The molecule has 0 radical (unpaired) electrons. The van der Waals surface area contributed by atoms with Gasteiger partial charge in [0.25, 0.3) is 5.91 Å². The fourth-order valence-electron chi connectivity index (χ4n) is 3.58. The lowest BCUT2D eigenvalue weighted by atomic mass is 10.0. The number of carbonyl (C=O) groups is 2. The third-order valence-corrected chi connectivity index (χ3v) is 5.54. The summed E-state index contributed by atoms with van der Waals surface area (Å²) in [5, 5.41) is 13.3. The van der Waals surface area contributed by atoms with E-state index < -0.39 is 17.5 Å². The number of nitrogens with zero attached hydrogens (tertiary/aromatic N) is 2. The molecular weight excluding hydrogens is 454 g/mol. The molecule has 3 aromatic rings. The Kier molecular flexibility index (Phi) is 8.37. The predicted octanol–water partition coefficient (Wildman–Crippen LogP) is 5.26. The number of benzene rings is 3. The van der Waals surface area contributed by atoms with E-state index in [-0.39, 0.29) is 16.9 Å². The molecule has 36 heavy (non-hydrogen) atoms. The second-order valence-electron chi connectivity index (χ2n) is 10.0. The first-order chi connectivity index (χ1) is 16.9. The molecule has 0 aliphatic heterocycles. The monoisotopic (exact) mass is 489 g/mol. The summed E-state index contributed by atoms with van der Waals surface area (Å²) in [4.78, 5) is 30.4. The number of ether oxygens (including phenoxy) is 1. The number of hydrogen-bond donors (Lipinski definition) is 2.